The minimum absolute atomic E-state index is 0.175. The van der Waals surface area contributed by atoms with Gasteiger partial charge in [0.25, 0.3) is 11.8 Å². The zero-order chi connectivity index (χ0) is 16.6. The number of rotatable bonds is 2. The van der Waals surface area contributed by atoms with E-state index in [2.05, 4.69) is 10.6 Å². The Morgan fingerprint density at radius 1 is 1.22 bits per heavy atom. The van der Waals surface area contributed by atoms with E-state index < -0.39 is 5.82 Å². The van der Waals surface area contributed by atoms with Crippen LogP contribution in [0.2, 0.25) is 0 Å². The summed E-state index contributed by atoms with van der Waals surface area (Å²) in [6.45, 7) is 3.69. The summed E-state index contributed by atoms with van der Waals surface area (Å²) in [5.74, 6) is -1.07. The summed E-state index contributed by atoms with van der Waals surface area (Å²) < 4.78 is 19.0. The standard InChI is InChI=1S/C17H15FN2O3/c1-9-3-4-11(5-10(9)2)17(22)20-14-7-12(18)6-13-16(14)23-8-15(21)19-13/h3-7H,8H2,1-2H3,(H,19,21)(H,20,22). The minimum Gasteiger partial charge on any atom is -0.479 e. The van der Waals surface area contributed by atoms with E-state index in [0.29, 0.717) is 5.56 Å². The number of halogens is 1. The van der Waals surface area contributed by atoms with Crippen molar-refractivity contribution in [2.24, 2.45) is 0 Å². The lowest BCUT2D eigenvalue weighted by Crippen LogP contribution is -2.26. The van der Waals surface area contributed by atoms with Crippen molar-refractivity contribution in [2.45, 2.75) is 13.8 Å². The molecule has 1 aliphatic rings. The summed E-state index contributed by atoms with van der Waals surface area (Å²) in [5.41, 5.74) is 2.92. The summed E-state index contributed by atoms with van der Waals surface area (Å²) in [5, 5.41) is 5.15. The number of carbonyl (C=O) groups excluding carboxylic acids is 2. The fourth-order valence-corrected chi connectivity index (χ4v) is 2.34. The predicted molar refractivity (Wildman–Crippen MR) is 84.4 cm³/mol. The second-order valence-electron chi connectivity index (χ2n) is 5.42. The summed E-state index contributed by atoms with van der Waals surface area (Å²) in [6.07, 6.45) is 0. The number of ether oxygens (including phenoxy) is 1. The molecule has 0 radical (unpaired) electrons. The normalized spacial score (nSPS) is 12.9. The topological polar surface area (TPSA) is 67.4 Å². The van der Waals surface area contributed by atoms with Crippen LogP contribution in [0, 0.1) is 19.7 Å². The number of fused-ring (bicyclic) bond motifs is 1. The molecule has 0 bridgehead atoms. The predicted octanol–water partition coefficient (Wildman–Crippen LogP) is 3.03. The third-order valence-electron chi connectivity index (χ3n) is 3.69. The van der Waals surface area contributed by atoms with Crippen LogP contribution in [-0.4, -0.2) is 18.4 Å². The van der Waals surface area contributed by atoms with Crippen LogP contribution in [0.1, 0.15) is 21.5 Å². The van der Waals surface area contributed by atoms with Gasteiger partial charge >= 0.3 is 0 Å². The average Bonchev–Trinajstić information content (AvgIpc) is 2.49. The smallest absolute Gasteiger partial charge is 0.262 e. The number of carbonyl (C=O) groups is 2. The molecule has 0 atom stereocenters. The number of benzene rings is 2. The van der Waals surface area contributed by atoms with Gasteiger partial charge in [-0.3, -0.25) is 9.59 Å². The van der Waals surface area contributed by atoms with Crippen LogP contribution in [0.25, 0.3) is 0 Å². The van der Waals surface area contributed by atoms with Crippen LogP contribution < -0.4 is 15.4 Å². The van der Waals surface area contributed by atoms with Gasteiger partial charge in [-0.1, -0.05) is 6.07 Å². The Labute approximate surface area is 132 Å². The quantitative estimate of drug-likeness (QED) is 0.895. The number of hydrogen-bond acceptors (Lipinski definition) is 3. The largest absolute Gasteiger partial charge is 0.479 e. The Morgan fingerprint density at radius 3 is 2.74 bits per heavy atom. The van der Waals surface area contributed by atoms with Crippen molar-refractivity contribution in [3.05, 3.63) is 52.8 Å². The van der Waals surface area contributed by atoms with Gasteiger partial charge in [0.1, 0.15) is 5.82 Å². The molecule has 2 aromatic rings. The van der Waals surface area contributed by atoms with Gasteiger partial charge in [-0.05, 0) is 37.1 Å². The SMILES string of the molecule is Cc1ccc(C(=O)Nc2cc(F)cc3c2OCC(=O)N3)cc1C. The lowest BCUT2D eigenvalue weighted by Gasteiger charge is -2.21. The molecule has 118 valence electrons. The first-order valence-corrected chi connectivity index (χ1v) is 7.09. The van der Waals surface area contributed by atoms with E-state index in [4.69, 9.17) is 4.74 Å². The van der Waals surface area contributed by atoms with E-state index in [1.54, 1.807) is 12.1 Å². The number of amides is 2. The second-order valence-corrected chi connectivity index (χ2v) is 5.42. The molecule has 0 saturated carbocycles. The molecule has 2 amide bonds. The Balaban J connectivity index is 1.92. The molecule has 3 rings (SSSR count). The molecule has 23 heavy (non-hydrogen) atoms. The Kier molecular flexibility index (Phi) is 3.73. The Bertz CT molecular complexity index is 818. The van der Waals surface area contributed by atoms with Crippen LogP contribution in [0.4, 0.5) is 15.8 Å². The molecule has 2 aromatic carbocycles. The van der Waals surface area contributed by atoms with Gasteiger partial charge in [0.05, 0.1) is 11.4 Å². The molecule has 5 nitrogen and oxygen atoms in total. The van der Waals surface area contributed by atoms with Crippen molar-refractivity contribution in [2.75, 3.05) is 17.2 Å². The lowest BCUT2D eigenvalue weighted by molar-refractivity contribution is -0.118. The van der Waals surface area contributed by atoms with Crippen molar-refractivity contribution >= 4 is 23.2 Å². The lowest BCUT2D eigenvalue weighted by atomic mass is 10.1. The maximum atomic E-state index is 13.7. The summed E-state index contributed by atoms with van der Waals surface area (Å²) >= 11 is 0. The summed E-state index contributed by atoms with van der Waals surface area (Å²) in [7, 11) is 0. The van der Waals surface area contributed by atoms with Crippen molar-refractivity contribution in [1.82, 2.24) is 0 Å². The molecule has 0 aliphatic carbocycles. The molecule has 2 N–H and O–H groups in total. The van der Waals surface area contributed by atoms with E-state index >= 15 is 0 Å². The number of hydrogen-bond donors (Lipinski definition) is 2. The zero-order valence-electron chi connectivity index (χ0n) is 12.7. The van der Waals surface area contributed by atoms with Gasteiger partial charge in [-0.15, -0.1) is 0 Å². The highest BCUT2D eigenvalue weighted by Gasteiger charge is 2.22. The van der Waals surface area contributed by atoms with Gasteiger partial charge in [0, 0.05) is 17.7 Å². The maximum absolute atomic E-state index is 13.7. The minimum atomic E-state index is -0.579. The fourth-order valence-electron chi connectivity index (χ4n) is 2.34. The van der Waals surface area contributed by atoms with Crippen molar-refractivity contribution in [3.63, 3.8) is 0 Å². The van der Waals surface area contributed by atoms with Crippen LogP contribution in [0.3, 0.4) is 0 Å². The highest BCUT2D eigenvalue weighted by Crippen LogP contribution is 2.36. The monoisotopic (exact) mass is 314 g/mol. The number of nitrogens with one attached hydrogen (secondary N) is 2. The van der Waals surface area contributed by atoms with Crippen LogP contribution in [0.5, 0.6) is 5.75 Å². The highest BCUT2D eigenvalue weighted by molar-refractivity contribution is 6.06. The summed E-state index contributed by atoms with van der Waals surface area (Å²) in [6, 6.07) is 7.63. The van der Waals surface area contributed by atoms with Crippen LogP contribution in [0.15, 0.2) is 30.3 Å². The molecule has 1 aliphatic heterocycles. The summed E-state index contributed by atoms with van der Waals surface area (Å²) in [4.78, 5) is 23.7. The van der Waals surface area contributed by atoms with Crippen LogP contribution in [-0.2, 0) is 4.79 Å². The Hall–Kier alpha value is -2.89. The molecule has 0 fully saturated rings. The first-order valence-electron chi connectivity index (χ1n) is 7.09. The van der Waals surface area contributed by atoms with Crippen molar-refractivity contribution < 1.29 is 18.7 Å². The van der Waals surface area contributed by atoms with Crippen LogP contribution >= 0.6 is 0 Å². The zero-order valence-corrected chi connectivity index (χ0v) is 12.7. The first-order chi connectivity index (χ1) is 10.9. The number of anilines is 2. The van der Waals surface area contributed by atoms with E-state index in [0.717, 1.165) is 23.3 Å². The number of aryl methyl sites for hydroxylation is 2. The second kappa shape index (κ2) is 5.72. The van der Waals surface area contributed by atoms with E-state index in [1.807, 2.05) is 19.9 Å². The van der Waals surface area contributed by atoms with Gasteiger partial charge in [-0.25, -0.2) is 4.39 Å². The van der Waals surface area contributed by atoms with E-state index in [9.17, 15) is 14.0 Å². The fraction of sp³-hybridized carbons (Fsp3) is 0.176. The first kappa shape index (κ1) is 15.0. The van der Waals surface area contributed by atoms with Gasteiger partial charge < -0.3 is 15.4 Å². The Morgan fingerprint density at radius 2 is 2.00 bits per heavy atom. The molecule has 0 unspecified atom stereocenters. The van der Waals surface area contributed by atoms with Gasteiger partial charge in [-0.2, -0.15) is 0 Å². The molecule has 0 saturated heterocycles. The third-order valence-corrected chi connectivity index (χ3v) is 3.69. The molecule has 0 aromatic heterocycles. The third kappa shape index (κ3) is 3.01. The van der Waals surface area contributed by atoms with E-state index in [1.165, 1.54) is 0 Å². The van der Waals surface area contributed by atoms with Gasteiger partial charge in [0.2, 0.25) is 0 Å². The average molecular weight is 314 g/mol. The van der Waals surface area contributed by atoms with Gasteiger partial charge in [0.15, 0.2) is 12.4 Å². The molecular weight excluding hydrogens is 299 g/mol. The molecule has 0 spiro atoms. The molecular formula is C17H15FN2O3. The highest BCUT2D eigenvalue weighted by atomic mass is 19.1. The molecule has 6 heteroatoms. The molecule has 1 heterocycles. The maximum Gasteiger partial charge on any atom is 0.262 e. The van der Waals surface area contributed by atoms with E-state index in [-0.39, 0.29) is 35.5 Å². The van der Waals surface area contributed by atoms with Crippen molar-refractivity contribution in [1.29, 1.82) is 0 Å². The van der Waals surface area contributed by atoms with Crippen molar-refractivity contribution in [3.8, 4) is 5.75 Å².